The van der Waals surface area contributed by atoms with E-state index in [-0.39, 0.29) is 0 Å². The number of anilines is 1. The molecule has 1 saturated heterocycles. The van der Waals surface area contributed by atoms with E-state index in [1.54, 1.807) is 0 Å². The average Bonchev–Trinajstić information content (AvgIpc) is 2.70. The summed E-state index contributed by atoms with van der Waals surface area (Å²) in [6, 6.07) is 0.726. The summed E-state index contributed by atoms with van der Waals surface area (Å²) < 4.78 is 0. The molecule has 1 aliphatic heterocycles. The first-order valence-electron chi connectivity index (χ1n) is 10.4. The third kappa shape index (κ3) is 7.12. The number of rotatable bonds is 7. The number of piperidine rings is 1. The van der Waals surface area contributed by atoms with Crippen molar-refractivity contribution < 1.29 is 19.8 Å². The zero-order valence-corrected chi connectivity index (χ0v) is 17.3. The molecule has 8 heteroatoms. The Hall–Kier alpha value is -2.48. The lowest BCUT2D eigenvalue weighted by molar-refractivity contribution is -0.134. The number of carboxylic acid groups (broad SMARTS) is 2. The summed E-state index contributed by atoms with van der Waals surface area (Å²) in [7, 11) is 0. The molecule has 0 saturated carbocycles. The number of aliphatic carboxylic acids is 2. The van der Waals surface area contributed by atoms with E-state index in [4.69, 9.17) is 15.2 Å². The standard InChI is InChI=1S/C17H28N4.C4H4O4/c1-3-7-18-17-19-12-14-11-16-13(10-15(14)20-17)6-5-9-21(16)8-4-2;5-3(6)1-2-4(7)8/h12-13,16H,3-11H2,1-2H3,(H,18,19,20);1-2H,(H,5,6)(H,7,8)/b;2-1-/t13-,16-;/m0./s1. The van der Waals surface area contributed by atoms with Crippen molar-refractivity contribution in [3.8, 4) is 0 Å². The summed E-state index contributed by atoms with van der Waals surface area (Å²) >= 11 is 0. The Morgan fingerprint density at radius 1 is 1.21 bits per heavy atom. The largest absolute Gasteiger partial charge is 0.478 e. The van der Waals surface area contributed by atoms with Crippen molar-refractivity contribution in [1.29, 1.82) is 0 Å². The molecule has 3 N–H and O–H groups in total. The molecule has 0 unspecified atom stereocenters. The van der Waals surface area contributed by atoms with E-state index in [2.05, 4.69) is 35.2 Å². The Balaban J connectivity index is 0.000000321. The highest BCUT2D eigenvalue weighted by Gasteiger charge is 2.35. The second kappa shape index (κ2) is 11.5. The molecule has 0 radical (unpaired) electrons. The van der Waals surface area contributed by atoms with Crippen LogP contribution >= 0.6 is 0 Å². The van der Waals surface area contributed by atoms with Gasteiger partial charge in [-0.25, -0.2) is 19.6 Å². The number of nitrogens with one attached hydrogen (secondary N) is 1. The van der Waals surface area contributed by atoms with E-state index < -0.39 is 11.9 Å². The van der Waals surface area contributed by atoms with Crippen molar-refractivity contribution in [1.82, 2.24) is 14.9 Å². The lowest BCUT2D eigenvalue weighted by Gasteiger charge is -2.44. The Kier molecular flexibility index (Phi) is 9.05. The third-order valence-corrected chi connectivity index (χ3v) is 5.28. The summed E-state index contributed by atoms with van der Waals surface area (Å²) in [6.07, 6.45) is 10.6. The van der Waals surface area contributed by atoms with Crippen LogP contribution in [-0.2, 0) is 22.4 Å². The van der Waals surface area contributed by atoms with Crippen molar-refractivity contribution in [3.63, 3.8) is 0 Å². The molecular formula is C21H32N4O4. The summed E-state index contributed by atoms with van der Waals surface area (Å²) in [5.74, 6) is -0.901. The molecule has 2 heterocycles. The molecule has 3 rings (SSSR count). The molecule has 0 aromatic carbocycles. The van der Waals surface area contributed by atoms with Gasteiger partial charge in [0.1, 0.15) is 0 Å². The minimum Gasteiger partial charge on any atom is -0.478 e. The molecule has 160 valence electrons. The van der Waals surface area contributed by atoms with Gasteiger partial charge in [-0.1, -0.05) is 13.8 Å². The lowest BCUT2D eigenvalue weighted by Crippen LogP contribution is -2.49. The quantitative estimate of drug-likeness (QED) is 0.594. The minimum absolute atomic E-state index is 0.558. The van der Waals surface area contributed by atoms with Crippen LogP contribution in [0.15, 0.2) is 18.3 Å². The minimum atomic E-state index is -1.26. The second-order valence-electron chi connectivity index (χ2n) is 7.52. The number of carbonyl (C=O) groups is 2. The van der Waals surface area contributed by atoms with Gasteiger partial charge in [-0.3, -0.25) is 4.90 Å². The number of fused-ring (bicyclic) bond motifs is 2. The molecule has 1 aliphatic carbocycles. The van der Waals surface area contributed by atoms with Crippen LogP contribution in [0, 0.1) is 5.92 Å². The normalized spacial score (nSPS) is 20.9. The van der Waals surface area contributed by atoms with Crippen LogP contribution in [0.4, 0.5) is 5.95 Å². The molecule has 0 amide bonds. The highest BCUT2D eigenvalue weighted by Crippen LogP contribution is 2.34. The molecular weight excluding hydrogens is 372 g/mol. The van der Waals surface area contributed by atoms with Gasteiger partial charge in [0, 0.05) is 36.6 Å². The number of likely N-dealkylation sites (tertiary alicyclic amines) is 1. The first kappa shape index (κ1) is 22.8. The lowest BCUT2D eigenvalue weighted by atomic mass is 9.77. The zero-order chi connectivity index (χ0) is 21.2. The number of carboxylic acids is 2. The summed E-state index contributed by atoms with van der Waals surface area (Å²) in [4.78, 5) is 31.1. The van der Waals surface area contributed by atoms with Gasteiger partial charge in [-0.05, 0) is 63.1 Å². The van der Waals surface area contributed by atoms with Crippen LogP contribution in [-0.4, -0.2) is 62.7 Å². The SMILES string of the molecule is CCCNc1ncc2c(n1)C[C@@H]1CCCN(CCC)[C@H]1C2.O=C(O)/C=C\C(=O)O. The van der Waals surface area contributed by atoms with E-state index in [9.17, 15) is 9.59 Å². The predicted octanol–water partition coefficient (Wildman–Crippen LogP) is 2.60. The maximum Gasteiger partial charge on any atom is 0.328 e. The zero-order valence-electron chi connectivity index (χ0n) is 17.3. The molecule has 1 fully saturated rings. The van der Waals surface area contributed by atoms with Crippen molar-refractivity contribution >= 4 is 17.9 Å². The fourth-order valence-corrected chi connectivity index (χ4v) is 4.04. The van der Waals surface area contributed by atoms with Crippen LogP contribution in [0.25, 0.3) is 0 Å². The van der Waals surface area contributed by atoms with Gasteiger partial charge in [-0.15, -0.1) is 0 Å². The molecule has 1 aromatic heterocycles. The van der Waals surface area contributed by atoms with Gasteiger partial charge in [0.25, 0.3) is 0 Å². The Morgan fingerprint density at radius 2 is 1.93 bits per heavy atom. The summed E-state index contributed by atoms with van der Waals surface area (Å²) in [5.41, 5.74) is 2.67. The fraction of sp³-hybridized carbons (Fsp3) is 0.619. The maximum atomic E-state index is 9.55. The molecule has 2 atom stereocenters. The van der Waals surface area contributed by atoms with Crippen LogP contribution in [0.2, 0.25) is 0 Å². The van der Waals surface area contributed by atoms with Gasteiger partial charge < -0.3 is 15.5 Å². The van der Waals surface area contributed by atoms with Gasteiger partial charge >= 0.3 is 11.9 Å². The topological polar surface area (TPSA) is 116 Å². The molecule has 1 aromatic rings. The molecule has 2 aliphatic rings. The monoisotopic (exact) mass is 404 g/mol. The van der Waals surface area contributed by atoms with E-state index in [1.807, 2.05) is 0 Å². The number of hydrogen-bond acceptors (Lipinski definition) is 6. The van der Waals surface area contributed by atoms with Crippen LogP contribution in [0.1, 0.15) is 50.8 Å². The first-order chi connectivity index (χ1) is 13.9. The molecule has 29 heavy (non-hydrogen) atoms. The van der Waals surface area contributed by atoms with Crippen molar-refractivity contribution in [2.45, 2.75) is 58.4 Å². The number of hydrogen-bond donors (Lipinski definition) is 3. The van der Waals surface area contributed by atoms with Crippen molar-refractivity contribution in [2.24, 2.45) is 5.92 Å². The molecule has 0 spiro atoms. The van der Waals surface area contributed by atoms with E-state index in [1.165, 1.54) is 43.6 Å². The number of aromatic nitrogens is 2. The second-order valence-corrected chi connectivity index (χ2v) is 7.52. The highest BCUT2D eigenvalue weighted by molar-refractivity contribution is 5.89. The van der Waals surface area contributed by atoms with Crippen LogP contribution in [0.3, 0.4) is 0 Å². The first-order valence-corrected chi connectivity index (χ1v) is 10.4. The van der Waals surface area contributed by atoms with Gasteiger partial charge in [0.15, 0.2) is 0 Å². The number of nitrogens with zero attached hydrogens (tertiary/aromatic N) is 3. The molecule has 8 nitrogen and oxygen atoms in total. The Labute approximate surface area is 172 Å². The third-order valence-electron chi connectivity index (χ3n) is 5.28. The average molecular weight is 405 g/mol. The highest BCUT2D eigenvalue weighted by atomic mass is 16.4. The van der Waals surface area contributed by atoms with Crippen LogP contribution in [0.5, 0.6) is 0 Å². The van der Waals surface area contributed by atoms with Gasteiger partial charge in [-0.2, -0.15) is 0 Å². The Morgan fingerprint density at radius 3 is 2.55 bits per heavy atom. The molecule has 0 bridgehead atoms. The van der Waals surface area contributed by atoms with E-state index >= 15 is 0 Å². The van der Waals surface area contributed by atoms with E-state index in [0.717, 1.165) is 43.7 Å². The van der Waals surface area contributed by atoms with E-state index in [0.29, 0.717) is 12.2 Å². The van der Waals surface area contributed by atoms with Crippen LogP contribution < -0.4 is 5.32 Å². The van der Waals surface area contributed by atoms with Crippen molar-refractivity contribution in [2.75, 3.05) is 25.0 Å². The van der Waals surface area contributed by atoms with Gasteiger partial charge in [0.2, 0.25) is 5.95 Å². The van der Waals surface area contributed by atoms with Crippen molar-refractivity contribution in [3.05, 3.63) is 29.6 Å². The Bertz CT molecular complexity index is 705. The maximum absolute atomic E-state index is 9.55. The summed E-state index contributed by atoms with van der Waals surface area (Å²) in [6.45, 7) is 7.93. The smallest absolute Gasteiger partial charge is 0.328 e. The fourth-order valence-electron chi connectivity index (χ4n) is 4.04. The van der Waals surface area contributed by atoms with Gasteiger partial charge in [0.05, 0.1) is 0 Å². The predicted molar refractivity (Wildman–Crippen MR) is 111 cm³/mol. The summed E-state index contributed by atoms with van der Waals surface area (Å²) in [5, 5.41) is 18.9.